The number of methoxy groups -OCH3 is 3. The maximum atomic E-state index is 6.17. The van der Waals surface area contributed by atoms with Crippen LogP contribution < -0.4 is 24.3 Å². The predicted molar refractivity (Wildman–Crippen MR) is 81.8 cm³/mol. The van der Waals surface area contributed by atoms with Gasteiger partial charge in [0.15, 0.2) is 11.5 Å². The Bertz CT molecular complexity index is 439. The van der Waals surface area contributed by atoms with Crippen molar-refractivity contribution in [2.24, 2.45) is 0 Å². The Labute approximate surface area is 126 Å². The first-order valence-corrected chi connectivity index (χ1v) is 7.37. The van der Waals surface area contributed by atoms with Gasteiger partial charge < -0.3 is 24.3 Å². The molecule has 0 aromatic heterocycles. The number of nitrogens with one attached hydrogen (secondary N) is 1. The Balaban J connectivity index is 2.23. The molecule has 0 radical (unpaired) electrons. The van der Waals surface area contributed by atoms with Crippen molar-refractivity contribution < 1.29 is 18.9 Å². The minimum atomic E-state index is 0.173. The van der Waals surface area contributed by atoms with E-state index in [1.807, 2.05) is 19.2 Å². The molecule has 1 saturated carbocycles. The van der Waals surface area contributed by atoms with Gasteiger partial charge in [-0.2, -0.15) is 0 Å². The fourth-order valence-corrected chi connectivity index (χ4v) is 2.87. The van der Waals surface area contributed by atoms with E-state index in [2.05, 4.69) is 5.32 Å². The van der Waals surface area contributed by atoms with Crippen molar-refractivity contribution in [2.75, 3.05) is 28.4 Å². The third-order valence-electron chi connectivity index (χ3n) is 4.00. The van der Waals surface area contributed by atoms with Crippen molar-refractivity contribution in [1.82, 2.24) is 5.32 Å². The predicted octanol–water partition coefficient (Wildman–Crippen LogP) is 2.62. The molecule has 1 N–H and O–H groups in total. The summed E-state index contributed by atoms with van der Waals surface area (Å²) < 4.78 is 22.2. The van der Waals surface area contributed by atoms with Crippen LogP contribution in [0.25, 0.3) is 0 Å². The number of hydrogen-bond donors (Lipinski definition) is 1. The van der Waals surface area contributed by atoms with Gasteiger partial charge in [-0.1, -0.05) is 6.42 Å². The molecule has 0 spiro atoms. The Hall–Kier alpha value is -1.62. The average Bonchev–Trinajstić information content (AvgIpc) is 2.54. The molecule has 1 aromatic carbocycles. The van der Waals surface area contributed by atoms with Gasteiger partial charge in [0.2, 0.25) is 5.75 Å². The third-order valence-corrected chi connectivity index (χ3v) is 4.00. The average molecular weight is 295 g/mol. The summed E-state index contributed by atoms with van der Waals surface area (Å²) in [6.45, 7) is 0. The first-order chi connectivity index (χ1) is 10.2. The van der Waals surface area contributed by atoms with E-state index < -0.39 is 0 Å². The van der Waals surface area contributed by atoms with E-state index in [4.69, 9.17) is 18.9 Å². The largest absolute Gasteiger partial charge is 0.493 e. The molecule has 21 heavy (non-hydrogen) atoms. The second-order valence-corrected chi connectivity index (χ2v) is 5.20. The lowest BCUT2D eigenvalue weighted by molar-refractivity contribution is 0.117. The molecule has 2 unspecified atom stereocenters. The van der Waals surface area contributed by atoms with Gasteiger partial charge >= 0.3 is 0 Å². The lowest BCUT2D eigenvalue weighted by atomic mass is 9.92. The molecule has 0 heterocycles. The summed E-state index contributed by atoms with van der Waals surface area (Å²) in [5.74, 6) is 2.56. The standard InChI is InChI=1S/C16H25NO4/c1-17-12-7-5-6-8-13(12)21-11-9-14(18-2)16(20-4)15(10-11)19-3/h9-10,12-13,17H,5-8H2,1-4H3. The minimum absolute atomic E-state index is 0.173. The van der Waals surface area contributed by atoms with Crippen molar-refractivity contribution >= 4 is 0 Å². The summed E-state index contributed by atoms with van der Waals surface area (Å²) in [5, 5.41) is 3.34. The van der Waals surface area contributed by atoms with Crippen molar-refractivity contribution in [2.45, 2.75) is 37.8 Å². The molecule has 5 nitrogen and oxygen atoms in total. The van der Waals surface area contributed by atoms with E-state index in [0.29, 0.717) is 23.3 Å². The first-order valence-electron chi connectivity index (χ1n) is 7.37. The lowest BCUT2D eigenvalue weighted by Crippen LogP contribution is -2.43. The van der Waals surface area contributed by atoms with Crippen molar-refractivity contribution in [3.63, 3.8) is 0 Å². The highest BCUT2D eigenvalue weighted by Gasteiger charge is 2.26. The van der Waals surface area contributed by atoms with E-state index >= 15 is 0 Å². The quantitative estimate of drug-likeness (QED) is 0.874. The van der Waals surface area contributed by atoms with Gasteiger partial charge in [-0.3, -0.25) is 0 Å². The third kappa shape index (κ3) is 3.53. The summed E-state index contributed by atoms with van der Waals surface area (Å²) in [7, 11) is 6.80. The molecule has 0 bridgehead atoms. The number of ether oxygens (including phenoxy) is 4. The van der Waals surface area contributed by atoms with E-state index in [-0.39, 0.29) is 6.10 Å². The second kappa shape index (κ2) is 7.41. The van der Waals surface area contributed by atoms with Crippen LogP contribution in [-0.2, 0) is 0 Å². The molecule has 5 heteroatoms. The first kappa shape index (κ1) is 15.8. The van der Waals surface area contributed by atoms with E-state index in [1.165, 1.54) is 12.8 Å². The normalized spacial score (nSPS) is 21.7. The fraction of sp³-hybridized carbons (Fsp3) is 0.625. The molecule has 0 amide bonds. The number of likely N-dealkylation sites (N-methyl/N-ethyl adjacent to an activating group) is 1. The van der Waals surface area contributed by atoms with Crippen LogP contribution in [0.15, 0.2) is 12.1 Å². The van der Waals surface area contributed by atoms with Gasteiger partial charge in [0.1, 0.15) is 11.9 Å². The topological polar surface area (TPSA) is 49.0 Å². The molecule has 2 rings (SSSR count). The Morgan fingerprint density at radius 2 is 1.57 bits per heavy atom. The SMILES string of the molecule is CNC1CCCCC1Oc1cc(OC)c(OC)c(OC)c1. The molecule has 2 atom stereocenters. The summed E-state index contributed by atoms with van der Waals surface area (Å²) in [5.41, 5.74) is 0. The number of rotatable bonds is 6. The van der Waals surface area contributed by atoms with Crippen LogP contribution in [0.1, 0.15) is 25.7 Å². The molecule has 1 aromatic rings. The zero-order chi connectivity index (χ0) is 15.2. The highest BCUT2D eigenvalue weighted by molar-refractivity contribution is 5.55. The summed E-state index contributed by atoms with van der Waals surface area (Å²) in [6, 6.07) is 4.09. The van der Waals surface area contributed by atoms with Gasteiger partial charge in [-0.15, -0.1) is 0 Å². The zero-order valence-corrected chi connectivity index (χ0v) is 13.3. The van der Waals surface area contributed by atoms with Crippen LogP contribution in [-0.4, -0.2) is 40.5 Å². The van der Waals surface area contributed by atoms with Crippen molar-refractivity contribution in [3.05, 3.63) is 12.1 Å². The highest BCUT2D eigenvalue weighted by atomic mass is 16.5. The number of benzene rings is 1. The smallest absolute Gasteiger partial charge is 0.203 e. The molecule has 0 saturated heterocycles. The molecule has 1 aliphatic carbocycles. The summed E-state index contributed by atoms with van der Waals surface area (Å²) >= 11 is 0. The molecule has 1 fully saturated rings. The van der Waals surface area contributed by atoms with E-state index in [0.717, 1.165) is 18.6 Å². The molecular weight excluding hydrogens is 270 g/mol. The van der Waals surface area contributed by atoms with Gasteiger partial charge in [0.05, 0.1) is 21.3 Å². The Kier molecular flexibility index (Phi) is 5.56. The van der Waals surface area contributed by atoms with Crippen LogP contribution in [0.3, 0.4) is 0 Å². The van der Waals surface area contributed by atoms with Crippen molar-refractivity contribution in [1.29, 1.82) is 0 Å². The van der Waals surface area contributed by atoms with Crippen LogP contribution >= 0.6 is 0 Å². The minimum Gasteiger partial charge on any atom is -0.493 e. The molecular formula is C16H25NO4. The van der Waals surface area contributed by atoms with Gasteiger partial charge in [0.25, 0.3) is 0 Å². The van der Waals surface area contributed by atoms with Gasteiger partial charge in [-0.25, -0.2) is 0 Å². The lowest BCUT2D eigenvalue weighted by Gasteiger charge is -2.31. The van der Waals surface area contributed by atoms with Crippen LogP contribution in [0, 0.1) is 0 Å². The van der Waals surface area contributed by atoms with Crippen LogP contribution in [0.2, 0.25) is 0 Å². The highest BCUT2D eigenvalue weighted by Crippen LogP contribution is 2.41. The van der Waals surface area contributed by atoms with Crippen LogP contribution in [0.4, 0.5) is 0 Å². The Morgan fingerprint density at radius 1 is 0.952 bits per heavy atom. The molecule has 118 valence electrons. The summed E-state index contributed by atoms with van der Waals surface area (Å²) in [6.07, 6.45) is 4.83. The Morgan fingerprint density at radius 3 is 2.10 bits per heavy atom. The monoisotopic (exact) mass is 295 g/mol. The molecule has 1 aliphatic rings. The maximum Gasteiger partial charge on any atom is 0.203 e. The van der Waals surface area contributed by atoms with Gasteiger partial charge in [0, 0.05) is 18.2 Å². The molecule has 0 aliphatic heterocycles. The second-order valence-electron chi connectivity index (χ2n) is 5.20. The van der Waals surface area contributed by atoms with Crippen molar-refractivity contribution in [3.8, 4) is 23.0 Å². The number of hydrogen-bond acceptors (Lipinski definition) is 5. The van der Waals surface area contributed by atoms with E-state index in [9.17, 15) is 0 Å². The maximum absolute atomic E-state index is 6.17. The van der Waals surface area contributed by atoms with Crippen LogP contribution in [0.5, 0.6) is 23.0 Å². The van der Waals surface area contributed by atoms with E-state index in [1.54, 1.807) is 21.3 Å². The fourth-order valence-electron chi connectivity index (χ4n) is 2.87. The zero-order valence-electron chi connectivity index (χ0n) is 13.3. The van der Waals surface area contributed by atoms with Gasteiger partial charge in [-0.05, 0) is 26.3 Å². The summed E-state index contributed by atoms with van der Waals surface area (Å²) in [4.78, 5) is 0.